The number of non-ortho nitro benzene ring substituents is 1. The third kappa shape index (κ3) is 5.71. The highest BCUT2D eigenvalue weighted by Gasteiger charge is 2.14. The van der Waals surface area contributed by atoms with Crippen molar-refractivity contribution in [2.24, 2.45) is 0 Å². The summed E-state index contributed by atoms with van der Waals surface area (Å²) in [5.41, 5.74) is 1.39. The lowest BCUT2D eigenvalue weighted by Crippen LogP contribution is -2.11. The highest BCUT2D eigenvalue weighted by atomic mass is 35.5. The third-order valence-corrected chi connectivity index (χ3v) is 5.00. The number of carbonyl (C=O) groups is 1. The van der Waals surface area contributed by atoms with Crippen molar-refractivity contribution in [3.63, 3.8) is 0 Å². The SMILES string of the molecule is O=C(Nc1cccc(Cn2cc(Cl)cn2)c1)c1ccc(COc2ccc([N+](=O)[O-])cc2Cl)o1. The number of nitro groups is 1. The van der Waals surface area contributed by atoms with E-state index >= 15 is 0 Å². The van der Waals surface area contributed by atoms with Gasteiger partial charge in [-0.25, -0.2) is 0 Å². The van der Waals surface area contributed by atoms with Gasteiger partial charge in [-0.2, -0.15) is 5.10 Å². The summed E-state index contributed by atoms with van der Waals surface area (Å²) >= 11 is 11.9. The van der Waals surface area contributed by atoms with E-state index in [1.165, 1.54) is 24.3 Å². The van der Waals surface area contributed by atoms with Crippen LogP contribution in [-0.2, 0) is 13.2 Å². The number of anilines is 1. The zero-order valence-electron chi connectivity index (χ0n) is 16.9. The Morgan fingerprint density at radius 2 is 2.03 bits per heavy atom. The summed E-state index contributed by atoms with van der Waals surface area (Å²) in [6, 6.07) is 14.4. The van der Waals surface area contributed by atoms with E-state index in [2.05, 4.69) is 10.4 Å². The lowest BCUT2D eigenvalue weighted by molar-refractivity contribution is -0.384. The fourth-order valence-electron chi connectivity index (χ4n) is 3.00. The van der Waals surface area contributed by atoms with E-state index < -0.39 is 10.8 Å². The first-order valence-electron chi connectivity index (χ1n) is 9.61. The van der Waals surface area contributed by atoms with Gasteiger partial charge in [-0.3, -0.25) is 19.6 Å². The number of benzene rings is 2. The molecule has 0 spiro atoms. The van der Waals surface area contributed by atoms with E-state index in [1.54, 1.807) is 29.2 Å². The molecule has 0 bridgehead atoms. The molecule has 1 N–H and O–H groups in total. The maximum Gasteiger partial charge on any atom is 0.291 e. The molecular formula is C22H16Cl2N4O5. The van der Waals surface area contributed by atoms with Gasteiger partial charge in [-0.1, -0.05) is 35.3 Å². The summed E-state index contributed by atoms with van der Waals surface area (Å²) in [5.74, 6) is 0.334. The number of amides is 1. The molecule has 0 aliphatic rings. The highest BCUT2D eigenvalue weighted by Crippen LogP contribution is 2.29. The Hall–Kier alpha value is -3.82. The Morgan fingerprint density at radius 3 is 2.76 bits per heavy atom. The first-order chi connectivity index (χ1) is 15.9. The predicted molar refractivity (Wildman–Crippen MR) is 122 cm³/mol. The van der Waals surface area contributed by atoms with Crippen LogP contribution in [0.2, 0.25) is 10.0 Å². The number of halogens is 2. The molecule has 4 rings (SSSR count). The number of ether oxygens (including phenoxy) is 1. The molecule has 2 heterocycles. The molecule has 168 valence electrons. The summed E-state index contributed by atoms with van der Waals surface area (Å²) in [4.78, 5) is 22.8. The molecule has 0 radical (unpaired) electrons. The number of furan rings is 1. The molecular weight excluding hydrogens is 471 g/mol. The fourth-order valence-corrected chi connectivity index (χ4v) is 3.38. The summed E-state index contributed by atoms with van der Waals surface area (Å²) in [6.45, 7) is 0.497. The topological polar surface area (TPSA) is 112 Å². The van der Waals surface area contributed by atoms with Crippen LogP contribution >= 0.6 is 23.2 Å². The van der Waals surface area contributed by atoms with E-state index in [1.807, 2.05) is 18.2 Å². The van der Waals surface area contributed by atoms with Gasteiger partial charge in [0.05, 0.1) is 27.7 Å². The van der Waals surface area contributed by atoms with Gasteiger partial charge in [0.2, 0.25) is 0 Å². The molecule has 0 saturated heterocycles. The lowest BCUT2D eigenvalue weighted by atomic mass is 10.2. The molecule has 0 aliphatic carbocycles. The summed E-state index contributed by atoms with van der Waals surface area (Å²) < 4.78 is 12.8. The number of nitrogens with one attached hydrogen (secondary N) is 1. The van der Waals surface area contributed by atoms with Crippen molar-refractivity contribution in [3.8, 4) is 5.75 Å². The standard InChI is InChI=1S/C22H16Cl2N4O5/c23-15-10-25-27(12-15)11-14-2-1-3-16(8-14)26-22(29)21-7-5-18(33-21)13-32-20-6-4-17(28(30)31)9-19(20)24/h1-10,12H,11,13H2,(H,26,29). The molecule has 2 aromatic carbocycles. The van der Waals surface area contributed by atoms with Crippen LogP contribution in [0.4, 0.5) is 11.4 Å². The van der Waals surface area contributed by atoms with Crippen molar-refractivity contribution >= 4 is 40.5 Å². The Bertz CT molecular complexity index is 1320. The molecule has 4 aromatic rings. The van der Waals surface area contributed by atoms with Crippen molar-refractivity contribution in [1.29, 1.82) is 0 Å². The van der Waals surface area contributed by atoms with Crippen molar-refractivity contribution in [2.75, 3.05) is 5.32 Å². The molecule has 0 unspecified atom stereocenters. The molecule has 1 amide bonds. The molecule has 0 saturated carbocycles. The monoisotopic (exact) mass is 486 g/mol. The average molecular weight is 487 g/mol. The first-order valence-corrected chi connectivity index (χ1v) is 10.4. The molecule has 0 fully saturated rings. The van der Waals surface area contributed by atoms with E-state index in [9.17, 15) is 14.9 Å². The number of carbonyl (C=O) groups excluding carboxylic acids is 1. The molecule has 9 nitrogen and oxygen atoms in total. The minimum atomic E-state index is -0.546. The Morgan fingerprint density at radius 1 is 1.18 bits per heavy atom. The van der Waals surface area contributed by atoms with E-state index in [0.717, 1.165) is 5.56 Å². The summed E-state index contributed by atoms with van der Waals surface area (Å²) in [7, 11) is 0. The van der Waals surface area contributed by atoms with Gasteiger partial charge in [0.15, 0.2) is 5.76 Å². The van der Waals surface area contributed by atoms with Gasteiger partial charge >= 0.3 is 0 Å². The zero-order valence-corrected chi connectivity index (χ0v) is 18.4. The van der Waals surface area contributed by atoms with Gasteiger partial charge in [0.25, 0.3) is 11.6 Å². The zero-order chi connectivity index (χ0) is 23.4. The minimum Gasteiger partial charge on any atom is -0.484 e. The number of aromatic nitrogens is 2. The number of nitro benzene ring substituents is 1. The number of rotatable bonds is 8. The quantitative estimate of drug-likeness (QED) is 0.257. The smallest absolute Gasteiger partial charge is 0.291 e. The third-order valence-electron chi connectivity index (χ3n) is 4.51. The Balaban J connectivity index is 1.36. The maximum atomic E-state index is 12.6. The number of nitrogens with zero attached hydrogens (tertiary/aromatic N) is 3. The van der Waals surface area contributed by atoms with E-state index in [-0.39, 0.29) is 28.8 Å². The second-order valence-electron chi connectivity index (χ2n) is 6.94. The van der Waals surface area contributed by atoms with Gasteiger partial charge in [-0.15, -0.1) is 0 Å². The molecule has 0 aliphatic heterocycles. The van der Waals surface area contributed by atoms with Crippen LogP contribution in [0.1, 0.15) is 21.9 Å². The first kappa shape index (κ1) is 22.4. The fraction of sp³-hybridized carbons (Fsp3) is 0.0909. The normalized spacial score (nSPS) is 10.7. The van der Waals surface area contributed by atoms with Crippen LogP contribution < -0.4 is 10.1 Å². The maximum absolute atomic E-state index is 12.6. The number of hydrogen-bond acceptors (Lipinski definition) is 6. The molecule has 33 heavy (non-hydrogen) atoms. The minimum absolute atomic E-state index is 0.00722. The number of hydrogen-bond donors (Lipinski definition) is 1. The van der Waals surface area contributed by atoms with Crippen molar-refractivity contribution in [1.82, 2.24) is 9.78 Å². The lowest BCUT2D eigenvalue weighted by Gasteiger charge is -2.07. The van der Waals surface area contributed by atoms with Crippen LogP contribution in [-0.4, -0.2) is 20.6 Å². The van der Waals surface area contributed by atoms with Crippen molar-refractivity contribution in [2.45, 2.75) is 13.2 Å². The molecule has 2 aromatic heterocycles. The van der Waals surface area contributed by atoms with Crippen molar-refractivity contribution < 1.29 is 18.9 Å². The van der Waals surface area contributed by atoms with Crippen LogP contribution in [0, 0.1) is 10.1 Å². The van der Waals surface area contributed by atoms with E-state index in [0.29, 0.717) is 23.0 Å². The Kier molecular flexibility index (Phi) is 6.62. The summed E-state index contributed by atoms with van der Waals surface area (Å²) in [5, 5.41) is 18.4. The van der Waals surface area contributed by atoms with Gasteiger partial charge < -0.3 is 14.5 Å². The highest BCUT2D eigenvalue weighted by molar-refractivity contribution is 6.32. The molecule has 0 atom stereocenters. The molecule has 11 heteroatoms. The predicted octanol–water partition coefficient (Wildman–Crippen LogP) is 5.57. The van der Waals surface area contributed by atoms with Crippen LogP contribution in [0.15, 0.2) is 71.4 Å². The van der Waals surface area contributed by atoms with Crippen LogP contribution in [0.5, 0.6) is 5.75 Å². The van der Waals surface area contributed by atoms with Gasteiger partial charge in [0.1, 0.15) is 18.1 Å². The second-order valence-corrected chi connectivity index (χ2v) is 7.78. The van der Waals surface area contributed by atoms with Gasteiger partial charge in [-0.05, 0) is 35.9 Å². The summed E-state index contributed by atoms with van der Waals surface area (Å²) in [6.07, 6.45) is 3.27. The van der Waals surface area contributed by atoms with Gasteiger partial charge in [0, 0.05) is 24.0 Å². The van der Waals surface area contributed by atoms with Crippen LogP contribution in [0.25, 0.3) is 0 Å². The largest absolute Gasteiger partial charge is 0.484 e. The average Bonchev–Trinajstić information content (AvgIpc) is 3.42. The van der Waals surface area contributed by atoms with E-state index in [4.69, 9.17) is 32.4 Å². The Labute approximate surface area is 197 Å². The second kappa shape index (κ2) is 9.76. The van der Waals surface area contributed by atoms with Crippen LogP contribution in [0.3, 0.4) is 0 Å². The van der Waals surface area contributed by atoms with Crippen molar-refractivity contribution in [3.05, 3.63) is 104 Å².